The van der Waals surface area contributed by atoms with Crippen LogP contribution in [0.5, 0.6) is 5.88 Å². The Morgan fingerprint density at radius 2 is 2.04 bits per heavy atom. The molecule has 1 fully saturated rings. The van der Waals surface area contributed by atoms with E-state index in [9.17, 15) is 4.79 Å². The fourth-order valence-corrected chi connectivity index (χ4v) is 3.19. The standard InChI is InChI=1S/C20H24N2O3/c1-2-24-19-17(11-8-13-21-19)18-12-6-7-14-22(18)20(23)25-15-16-9-4-3-5-10-16/h3-5,8-11,13,18H,2,6-7,12,14-15H2,1H3/t18-/m1/s1. The van der Waals surface area contributed by atoms with Gasteiger partial charge in [0.2, 0.25) is 5.88 Å². The number of nitrogens with zero attached hydrogens (tertiary/aromatic N) is 2. The summed E-state index contributed by atoms with van der Waals surface area (Å²) in [5.41, 5.74) is 1.95. The fourth-order valence-electron chi connectivity index (χ4n) is 3.19. The number of rotatable bonds is 5. The minimum atomic E-state index is -0.278. The van der Waals surface area contributed by atoms with Crippen molar-refractivity contribution in [2.75, 3.05) is 13.2 Å². The third kappa shape index (κ3) is 4.29. The van der Waals surface area contributed by atoms with Gasteiger partial charge < -0.3 is 14.4 Å². The summed E-state index contributed by atoms with van der Waals surface area (Å²) in [7, 11) is 0. The van der Waals surface area contributed by atoms with Gasteiger partial charge in [-0.2, -0.15) is 0 Å². The Morgan fingerprint density at radius 1 is 1.20 bits per heavy atom. The first-order valence-corrected chi connectivity index (χ1v) is 8.84. The van der Waals surface area contributed by atoms with Crippen LogP contribution in [0.4, 0.5) is 4.79 Å². The molecule has 0 spiro atoms. The maximum Gasteiger partial charge on any atom is 0.410 e. The average molecular weight is 340 g/mol. The van der Waals surface area contributed by atoms with E-state index in [-0.39, 0.29) is 18.7 Å². The Hall–Kier alpha value is -2.56. The quantitative estimate of drug-likeness (QED) is 0.812. The van der Waals surface area contributed by atoms with Crippen LogP contribution in [0.25, 0.3) is 0 Å². The first kappa shape index (κ1) is 17.3. The Kier molecular flexibility index (Phi) is 5.88. The average Bonchev–Trinajstić information content (AvgIpc) is 2.68. The van der Waals surface area contributed by atoms with E-state index in [1.165, 1.54) is 0 Å². The molecule has 5 heteroatoms. The molecular weight excluding hydrogens is 316 g/mol. The summed E-state index contributed by atoms with van der Waals surface area (Å²) < 4.78 is 11.2. The van der Waals surface area contributed by atoms with Gasteiger partial charge in [-0.1, -0.05) is 36.4 Å². The van der Waals surface area contributed by atoms with Crippen molar-refractivity contribution in [1.29, 1.82) is 0 Å². The van der Waals surface area contributed by atoms with E-state index in [2.05, 4.69) is 4.98 Å². The Morgan fingerprint density at radius 3 is 2.84 bits per heavy atom. The van der Waals surface area contributed by atoms with Gasteiger partial charge in [0.25, 0.3) is 0 Å². The van der Waals surface area contributed by atoms with Gasteiger partial charge in [0.15, 0.2) is 0 Å². The van der Waals surface area contributed by atoms with E-state index in [0.717, 1.165) is 30.4 Å². The second kappa shape index (κ2) is 8.51. The number of carbonyl (C=O) groups excluding carboxylic acids is 1. The van der Waals surface area contributed by atoms with E-state index in [4.69, 9.17) is 9.47 Å². The van der Waals surface area contributed by atoms with Gasteiger partial charge in [0.1, 0.15) is 6.61 Å². The van der Waals surface area contributed by atoms with Crippen molar-refractivity contribution in [2.45, 2.75) is 38.8 Å². The van der Waals surface area contributed by atoms with Crippen LogP contribution in [0.2, 0.25) is 0 Å². The summed E-state index contributed by atoms with van der Waals surface area (Å²) >= 11 is 0. The lowest BCUT2D eigenvalue weighted by atomic mass is 9.96. The lowest BCUT2D eigenvalue weighted by Crippen LogP contribution is -2.39. The molecule has 2 heterocycles. The molecule has 0 aliphatic carbocycles. The van der Waals surface area contributed by atoms with Gasteiger partial charge in [-0.25, -0.2) is 9.78 Å². The molecule has 25 heavy (non-hydrogen) atoms. The maximum atomic E-state index is 12.7. The number of ether oxygens (including phenoxy) is 2. The van der Waals surface area contributed by atoms with E-state index in [0.29, 0.717) is 19.0 Å². The Labute approximate surface area is 148 Å². The highest BCUT2D eigenvalue weighted by atomic mass is 16.6. The number of carbonyl (C=O) groups is 1. The zero-order valence-corrected chi connectivity index (χ0v) is 14.6. The van der Waals surface area contributed by atoms with Crippen LogP contribution in [-0.2, 0) is 11.3 Å². The van der Waals surface area contributed by atoms with Gasteiger partial charge in [0, 0.05) is 18.3 Å². The summed E-state index contributed by atoms with van der Waals surface area (Å²) in [6.07, 6.45) is 4.40. The van der Waals surface area contributed by atoms with Crippen LogP contribution in [-0.4, -0.2) is 29.1 Å². The van der Waals surface area contributed by atoms with Crippen molar-refractivity contribution in [1.82, 2.24) is 9.88 Å². The number of piperidine rings is 1. The number of likely N-dealkylation sites (tertiary alicyclic amines) is 1. The van der Waals surface area contributed by atoms with Gasteiger partial charge in [-0.15, -0.1) is 0 Å². The molecule has 0 unspecified atom stereocenters. The smallest absolute Gasteiger partial charge is 0.410 e. The zero-order valence-electron chi connectivity index (χ0n) is 14.6. The van der Waals surface area contributed by atoms with Gasteiger partial charge in [-0.3, -0.25) is 0 Å². The molecule has 2 aromatic rings. The second-order valence-corrected chi connectivity index (χ2v) is 6.08. The SMILES string of the molecule is CCOc1ncccc1[C@H]1CCCCN1C(=O)OCc1ccccc1. The molecule has 1 aliphatic heterocycles. The molecule has 0 bridgehead atoms. The maximum absolute atomic E-state index is 12.7. The number of hydrogen-bond acceptors (Lipinski definition) is 4. The summed E-state index contributed by atoms with van der Waals surface area (Å²) in [6.45, 7) is 3.47. The predicted molar refractivity (Wildman–Crippen MR) is 95.3 cm³/mol. The molecule has 1 amide bonds. The highest BCUT2D eigenvalue weighted by molar-refractivity contribution is 5.68. The molecule has 0 radical (unpaired) electrons. The first-order chi connectivity index (χ1) is 12.3. The second-order valence-electron chi connectivity index (χ2n) is 6.08. The minimum absolute atomic E-state index is 0.0488. The molecule has 3 rings (SSSR count). The van der Waals surface area contributed by atoms with E-state index >= 15 is 0 Å². The number of pyridine rings is 1. The largest absolute Gasteiger partial charge is 0.478 e. The minimum Gasteiger partial charge on any atom is -0.478 e. The van der Waals surface area contributed by atoms with Crippen LogP contribution in [0.15, 0.2) is 48.7 Å². The van der Waals surface area contributed by atoms with E-state index in [1.54, 1.807) is 6.20 Å². The van der Waals surface area contributed by atoms with Gasteiger partial charge in [-0.05, 0) is 37.8 Å². The van der Waals surface area contributed by atoms with Crippen LogP contribution in [0.3, 0.4) is 0 Å². The lowest BCUT2D eigenvalue weighted by molar-refractivity contribution is 0.0670. The molecule has 0 saturated carbocycles. The van der Waals surface area contributed by atoms with Crippen LogP contribution in [0.1, 0.15) is 43.4 Å². The number of amides is 1. The topological polar surface area (TPSA) is 51.7 Å². The summed E-state index contributed by atoms with van der Waals surface area (Å²) in [5.74, 6) is 0.609. The monoisotopic (exact) mass is 340 g/mol. The van der Waals surface area contributed by atoms with Crippen molar-refractivity contribution in [3.63, 3.8) is 0 Å². The highest BCUT2D eigenvalue weighted by Crippen LogP contribution is 2.35. The zero-order chi connectivity index (χ0) is 17.5. The van der Waals surface area contributed by atoms with Crippen LogP contribution >= 0.6 is 0 Å². The fraction of sp³-hybridized carbons (Fsp3) is 0.400. The predicted octanol–water partition coefficient (Wildman–Crippen LogP) is 4.34. The summed E-state index contributed by atoms with van der Waals surface area (Å²) in [6, 6.07) is 13.6. The molecule has 1 saturated heterocycles. The van der Waals surface area contributed by atoms with Crippen molar-refractivity contribution in [3.8, 4) is 5.88 Å². The highest BCUT2D eigenvalue weighted by Gasteiger charge is 2.31. The molecule has 1 atom stereocenters. The summed E-state index contributed by atoms with van der Waals surface area (Å²) in [5, 5.41) is 0. The lowest BCUT2D eigenvalue weighted by Gasteiger charge is -2.35. The van der Waals surface area contributed by atoms with Crippen molar-refractivity contribution >= 4 is 6.09 Å². The number of hydrogen-bond donors (Lipinski definition) is 0. The Balaban J connectivity index is 1.73. The molecule has 1 aliphatic rings. The molecule has 1 aromatic carbocycles. The van der Waals surface area contributed by atoms with Crippen molar-refractivity contribution in [3.05, 3.63) is 59.8 Å². The van der Waals surface area contributed by atoms with Gasteiger partial charge >= 0.3 is 6.09 Å². The molecule has 5 nitrogen and oxygen atoms in total. The molecule has 0 N–H and O–H groups in total. The number of aromatic nitrogens is 1. The van der Waals surface area contributed by atoms with Crippen LogP contribution < -0.4 is 4.74 Å². The van der Waals surface area contributed by atoms with Crippen molar-refractivity contribution in [2.24, 2.45) is 0 Å². The van der Waals surface area contributed by atoms with Crippen LogP contribution in [0, 0.1) is 0 Å². The molecule has 1 aromatic heterocycles. The van der Waals surface area contributed by atoms with E-state index < -0.39 is 0 Å². The Bertz CT molecular complexity index is 690. The molecular formula is C20H24N2O3. The van der Waals surface area contributed by atoms with Gasteiger partial charge in [0.05, 0.1) is 12.6 Å². The van der Waals surface area contributed by atoms with E-state index in [1.807, 2.05) is 54.3 Å². The normalized spacial score (nSPS) is 17.2. The third-order valence-electron chi connectivity index (χ3n) is 4.38. The third-order valence-corrected chi connectivity index (χ3v) is 4.38. The molecule has 132 valence electrons. The number of benzene rings is 1. The van der Waals surface area contributed by atoms with Crippen molar-refractivity contribution < 1.29 is 14.3 Å². The first-order valence-electron chi connectivity index (χ1n) is 8.84. The summed E-state index contributed by atoms with van der Waals surface area (Å²) in [4.78, 5) is 18.8.